The van der Waals surface area contributed by atoms with E-state index in [1.807, 2.05) is 6.92 Å². The molecule has 0 unspecified atom stereocenters. The number of nitrogens with one attached hydrogen (secondary N) is 1. The van der Waals surface area contributed by atoms with Gasteiger partial charge in [-0.15, -0.1) is 0 Å². The molecule has 4 atom stereocenters. The van der Waals surface area contributed by atoms with Crippen molar-refractivity contribution in [2.24, 2.45) is 0 Å². The van der Waals surface area contributed by atoms with E-state index in [4.69, 9.17) is 5.11 Å². The minimum Gasteiger partial charge on any atom is -0.394 e. The predicted molar refractivity (Wildman–Crippen MR) is 57.6 cm³/mol. The van der Waals surface area contributed by atoms with E-state index in [0.717, 1.165) is 0 Å². The highest BCUT2D eigenvalue weighted by Gasteiger charge is 2.30. The summed E-state index contributed by atoms with van der Waals surface area (Å²) in [6, 6.07) is -0.626. The van der Waals surface area contributed by atoms with E-state index in [2.05, 4.69) is 5.32 Å². The summed E-state index contributed by atoms with van der Waals surface area (Å²) < 4.78 is 0. The van der Waals surface area contributed by atoms with Crippen molar-refractivity contribution < 1.29 is 25.2 Å². The van der Waals surface area contributed by atoms with Crippen LogP contribution in [0.3, 0.4) is 0 Å². The zero-order valence-electron chi connectivity index (χ0n) is 9.63. The summed E-state index contributed by atoms with van der Waals surface area (Å²) in [5, 5.41) is 39.5. The summed E-state index contributed by atoms with van der Waals surface area (Å²) in [6.07, 6.45) is -3.00. The zero-order chi connectivity index (χ0) is 12.7. The van der Waals surface area contributed by atoms with Gasteiger partial charge in [-0.05, 0) is 6.42 Å². The lowest BCUT2D eigenvalue weighted by atomic mass is 9.97. The number of aliphatic hydroxyl groups is 4. The Morgan fingerprint density at radius 1 is 1.25 bits per heavy atom. The quantitative estimate of drug-likeness (QED) is 0.364. The largest absolute Gasteiger partial charge is 0.394 e. The van der Waals surface area contributed by atoms with Gasteiger partial charge in [0.05, 0.1) is 12.6 Å². The van der Waals surface area contributed by atoms with E-state index >= 15 is 0 Å². The Morgan fingerprint density at radius 3 is 2.19 bits per heavy atom. The molecule has 0 saturated carbocycles. The first-order valence-corrected chi connectivity index (χ1v) is 5.36. The second-order valence-electron chi connectivity index (χ2n) is 3.83. The van der Waals surface area contributed by atoms with E-state index in [1.165, 1.54) is 6.92 Å². The van der Waals surface area contributed by atoms with Gasteiger partial charge in [-0.3, -0.25) is 4.79 Å². The average molecular weight is 235 g/mol. The second-order valence-corrected chi connectivity index (χ2v) is 3.83. The maximum absolute atomic E-state index is 10.9. The fourth-order valence-corrected chi connectivity index (χ4v) is 1.47. The van der Waals surface area contributed by atoms with Crippen molar-refractivity contribution in [2.45, 2.75) is 51.0 Å². The molecule has 6 heteroatoms. The van der Waals surface area contributed by atoms with Gasteiger partial charge >= 0.3 is 0 Å². The van der Waals surface area contributed by atoms with Gasteiger partial charge in [0.2, 0.25) is 5.91 Å². The van der Waals surface area contributed by atoms with Crippen molar-refractivity contribution in [3.05, 3.63) is 0 Å². The Morgan fingerprint density at radius 2 is 1.81 bits per heavy atom. The molecule has 0 rings (SSSR count). The molecule has 0 aliphatic carbocycles. The molecule has 0 aliphatic heterocycles. The highest BCUT2D eigenvalue weighted by Crippen LogP contribution is 2.09. The molecule has 0 aromatic rings. The summed E-state index contributed by atoms with van der Waals surface area (Å²) >= 11 is 0. The van der Waals surface area contributed by atoms with Crippen LogP contribution in [0.25, 0.3) is 0 Å². The smallest absolute Gasteiger partial charge is 0.217 e. The third-order valence-electron chi connectivity index (χ3n) is 2.33. The fraction of sp³-hybridized carbons (Fsp3) is 0.900. The summed E-state index contributed by atoms with van der Waals surface area (Å²) in [7, 11) is 0. The monoisotopic (exact) mass is 235 g/mol. The summed E-state index contributed by atoms with van der Waals surface area (Å²) in [6.45, 7) is 2.54. The van der Waals surface area contributed by atoms with Crippen molar-refractivity contribution in [3.63, 3.8) is 0 Å². The van der Waals surface area contributed by atoms with E-state index in [1.54, 1.807) is 0 Å². The van der Waals surface area contributed by atoms with Crippen LogP contribution in [-0.2, 0) is 4.79 Å². The molecule has 0 aromatic heterocycles. The highest BCUT2D eigenvalue weighted by molar-refractivity contribution is 5.73. The molecule has 0 spiro atoms. The number of aliphatic hydroxyl groups excluding tert-OH is 4. The lowest BCUT2D eigenvalue weighted by Gasteiger charge is -2.29. The third kappa shape index (κ3) is 4.89. The lowest BCUT2D eigenvalue weighted by Crippen LogP contribution is -2.52. The molecule has 0 aliphatic rings. The molecule has 6 nitrogen and oxygen atoms in total. The zero-order valence-corrected chi connectivity index (χ0v) is 9.63. The maximum atomic E-state index is 10.9. The first kappa shape index (κ1) is 15.3. The van der Waals surface area contributed by atoms with Crippen molar-refractivity contribution in [1.29, 1.82) is 0 Å². The van der Waals surface area contributed by atoms with Crippen LogP contribution in [0.1, 0.15) is 26.7 Å². The SMILES string of the molecule is CCC[C@H](NC(C)=O)[C@@H](O)[C@@H](O)[C@H](O)CO. The summed E-state index contributed by atoms with van der Waals surface area (Å²) in [4.78, 5) is 10.9. The molecule has 0 radical (unpaired) electrons. The van der Waals surface area contributed by atoms with Gasteiger partial charge in [-0.25, -0.2) is 0 Å². The minimum absolute atomic E-state index is 0.316. The molecule has 5 N–H and O–H groups in total. The predicted octanol–water partition coefficient (Wildman–Crippen LogP) is -1.63. The maximum Gasteiger partial charge on any atom is 0.217 e. The van der Waals surface area contributed by atoms with Crippen LogP contribution in [0, 0.1) is 0 Å². The topological polar surface area (TPSA) is 110 Å². The van der Waals surface area contributed by atoms with Gasteiger partial charge in [0.25, 0.3) is 0 Å². The van der Waals surface area contributed by atoms with Crippen molar-refractivity contribution in [2.75, 3.05) is 6.61 Å². The fourth-order valence-electron chi connectivity index (χ4n) is 1.47. The van der Waals surface area contributed by atoms with Gasteiger partial charge in [-0.2, -0.15) is 0 Å². The summed E-state index contributed by atoms with van der Waals surface area (Å²) in [5.74, 6) is -0.316. The van der Waals surface area contributed by atoms with Gasteiger partial charge in [0, 0.05) is 6.92 Å². The van der Waals surface area contributed by atoms with Crippen molar-refractivity contribution in [3.8, 4) is 0 Å². The van der Waals surface area contributed by atoms with Gasteiger partial charge in [0.1, 0.15) is 18.3 Å². The molecule has 0 aromatic carbocycles. The Bertz CT molecular complexity index is 211. The van der Waals surface area contributed by atoms with Crippen LogP contribution in [0.5, 0.6) is 0 Å². The Kier molecular flexibility index (Phi) is 7.24. The van der Waals surface area contributed by atoms with Gasteiger partial charge in [0.15, 0.2) is 0 Å². The molecular formula is C10H21NO5. The molecule has 1 amide bonds. The van der Waals surface area contributed by atoms with E-state index in [0.29, 0.717) is 12.8 Å². The first-order valence-electron chi connectivity index (χ1n) is 5.36. The molecular weight excluding hydrogens is 214 g/mol. The van der Waals surface area contributed by atoms with Gasteiger partial charge in [-0.1, -0.05) is 13.3 Å². The van der Waals surface area contributed by atoms with Crippen LogP contribution in [-0.4, -0.2) is 57.3 Å². The van der Waals surface area contributed by atoms with E-state index in [-0.39, 0.29) is 5.91 Å². The van der Waals surface area contributed by atoms with Gasteiger partial charge < -0.3 is 25.7 Å². The molecule has 0 heterocycles. The number of rotatable bonds is 7. The van der Waals surface area contributed by atoms with Crippen LogP contribution in [0.15, 0.2) is 0 Å². The molecule has 96 valence electrons. The Hall–Kier alpha value is -0.690. The van der Waals surface area contributed by atoms with Crippen LogP contribution in [0.4, 0.5) is 0 Å². The first-order chi connectivity index (χ1) is 7.43. The molecule has 0 saturated heterocycles. The highest BCUT2D eigenvalue weighted by atomic mass is 16.4. The third-order valence-corrected chi connectivity index (χ3v) is 2.33. The number of amides is 1. The van der Waals surface area contributed by atoms with Crippen LogP contribution >= 0.6 is 0 Å². The van der Waals surface area contributed by atoms with Crippen LogP contribution in [0.2, 0.25) is 0 Å². The number of hydrogen-bond acceptors (Lipinski definition) is 5. The summed E-state index contributed by atoms with van der Waals surface area (Å²) in [5.41, 5.74) is 0. The standard InChI is InChI=1S/C10H21NO5/c1-3-4-7(11-6(2)13)9(15)10(16)8(14)5-12/h7-10,12,14-16H,3-5H2,1-2H3,(H,11,13)/t7-,8+,9+,10-/m0/s1. The Balaban J connectivity index is 4.45. The number of hydrogen-bond donors (Lipinski definition) is 5. The number of carbonyl (C=O) groups is 1. The Labute approximate surface area is 94.9 Å². The normalized spacial score (nSPS) is 18.6. The number of carbonyl (C=O) groups excluding carboxylic acids is 1. The van der Waals surface area contributed by atoms with Crippen molar-refractivity contribution >= 4 is 5.91 Å². The van der Waals surface area contributed by atoms with Crippen LogP contribution < -0.4 is 5.32 Å². The molecule has 16 heavy (non-hydrogen) atoms. The van der Waals surface area contributed by atoms with Crippen molar-refractivity contribution in [1.82, 2.24) is 5.32 Å². The second kappa shape index (κ2) is 7.56. The molecule has 0 fully saturated rings. The molecule has 0 bridgehead atoms. The minimum atomic E-state index is -1.48. The lowest BCUT2D eigenvalue weighted by molar-refractivity contribution is -0.123. The average Bonchev–Trinajstić information content (AvgIpc) is 2.24. The van der Waals surface area contributed by atoms with E-state index < -0.39 is 31.0 Å². The van der Waals surface area contributed by atoms with E-state index in [9.17, 15) is 20.1 Å².